The van der Waals surface area contributed by atoms with Gasteiger partial charge in [-0.25, -0.2) is 22.0 Å². The van der Waals surface area contributed by atoms with Crippen LogP contribution in [-0.4, -0.2) is 6.04 Å². The molecule has 1 aromatic rings. The number of nitrogens with zero attached hydrogens (tertiary/aromatic N) is 1. The molecule has 1 unspecified atom stereocenters. The number of benzene rings is 1. The van der Waals surface area contributed by atoms with E-state index in [9.17, 15) is 22.0 Å². The van der Waals surface area contributed by atoms with E-state index in [-0.39, 0.29) is 6.42 Å². The molecule has 0 aromatic heterocycles. The van der Waals surface area contributed by atoms with Crippen LogP contribution in [0.3, 0.4) is 0 Å². The van der Waals surface area contributed by atoms with Gasteiger partial charge in [-0.15, -0.1) is 0 Å². The molecular weight excluding hydrogens is 243 g/mol. The molecule has 17 heavy (non-hydrogen) atoms. The molecule has 0 amide bonds. The van der Waals surface area contributed by atoms with Crippen molar-refractivity contribution in [1.82, 2.24) is 0 Å². The van der Waals surface area contributed by atoms with Crippen LogP contribution in [0.15, 0.2) is 0 Å². The molecule has 1 rings (SSSR count). The number of rotatable bonds is 3. The van der Waals surface area contributed by atoms with Gasteiger partial charge < -0.3 is 5.32 Å². The Morgan fingerprint density at radius 3 is 1.82 bits per heavy atom. The molecule has 0 aliphatic carbocycles. The SMILES string of the molecule is CC(CC#N)Nc1c(F)c(F)c(F)c(F)c1F. The lowest BCUT2D eigenvalue weighted by Crippen LogP contribution is -2.18. The molecule has 0 fully saturated rings. The Bertz CT molecular complexity index is 452. The van der Waals surface area contributed by atoms with Gasteiger partial charge in [-0.1, -0.05) is 0 Å². The monoisotopic (exact) mass is 250 g/mol. The van der Waals surface area contributed by atoms with Gasteiger partial charge in [-0.3, -0.25) is 0 Å². The van der Waals surface area contributed by atoms with Gasteiger partial charge in [-0.2, -0.15) is 5.26 Å². The van der Waals surface area contributed by atoms with Crippen LogP contribution in [0.2, 0.25) is 0 Å². The first-order valence-electron chi connectivity index (χ1n) is 4.55. The third kappa shape index (κ3) is 2.46. The fourth-order valence-electron chi connectivity index (χ4n) is 1.17. The van der Waals surface area contributed by atoms with Crippen molar-refractivity contribution in [3.8, 4) is 6.07 Å². The van der Waals surface area contributed by atoms with Crippen LogP contribution in [0.25, 0.3) is 0 Å². The number of hydrogen-bond donors (Lipinski definition) is 1. The van der Waals surface area contributed by atoms with Crippen LogP contribution >= 0.6 is 0 Å². The van der Waals surface area contributed by atoms with E-state index in [1.807, 2.05) is 0 Å². The zero-order valence-corrected chi connectivity index (χ0v) is 8.62. The number of hydrogen-bond acceptors (Lipinski definition) is 2. The van der Waals surface area contributed by atoms with E-state index in [1.54, 1.807) is 6.07 Å². The Hall–Kier alpha value is -1.84. The van der Waals surface area contributed by atoms with Crippen molar-refractivity contribution in [2.75, 3.05) is 5.32 Å². The summed E-state index contributed by atoms with van der Waals surface area (Å²) >= 11 is 0. The van der Waals surface area contributed by atoms with Crippen molar-refractivity contribution < 1.29 is 22.0 Å². The number of halogens is 5. The molecule has 0 saturated heterocycles. The molecule has 92 valence electrons. The van der Waals surface area contributed by atoms with Crippen LogP contribution in [-0.2, 0) is 0 Å². The number of nitriles is 1. The highest BCUT2D eigenvalue weighted by Crippen LogP contribution is 2.27. The molecule has 0 saturated carbocycles. The average molecular weight is 250 g/mol. The highest BCUT2D eigenvalue weighted by Gasteiger charge is 2.26. The van der Waals surface area contributed by atoms with Crippen molar-refractivity contribution >= 4 is 5.69 Å². The molecule has 0 aliphatic rings. The van der Waals surface area contributed by atoms with Crippen LogP contribution < -0.4 is 5.32 Å². The van der Waals surface area contributed by atoms with E-state index >= 15 is 0 Å². The van der Waals surface area contributed by atoms with Gasteiger partial charge >= 0.3 is 0 Å². The van der Waals surface area contributed by atoms with Gasteiger partial charge in [0.2, 0.25) is 5.82 Å². The summed E-state index contributed by atoms with van der Waals surface area (Å²) in [5.41, 5.74) is -1.12. The second-order valence-corrected chi connectivity index (χ2v) is 3.35. The van der Waals surface area contributed by atoms with Crippen molar-refractivity contribution in [2.24, 2.45) is 0 Å². The highest BCUT2D eigenvalue weighted by atomic mass is 19.2. The summed E-state index contributed by atoms with van der Waals surface area (Å²) in [4.78, 5) is 0. The maximum atomic E-state index is 13.1. The summed E-state index contributed by atoms with van der Waals surface area (Å²) < 4.78 is 64.5. The quantitative estimate of drug-likeness (QED) is 0.508. The summed E-state index contributed by atoms with van der Waals surface area (Å²) in [7, 11) is 0. The predicted molar refractivity (Wildman–Crippen MR) is 49.5 cm³/mol. The largest absolute Gasteiger partial charge is 0.377 e. The number of nitrogens with one attached hydrogen (secondary N) is 1. The molecule has 2 nitrogen and oxygen atoms in total. The molecule has 0 bridgehead atoms. The smallest absolute Gasteiger partial charge is 0.200 e. The van der Waals surface area contributed by atoms with Crippen LogP contribution in [0.5, 0.6) is 0 Å². The highest BCUT2D eigenvalue weighted by molar-refractivity contribution is 5.48. The zero-order chi connectivity index (χ0) is 13.2. The Balaban J connectivity index is 3.21. The molecular formula is C10H7F5N2. The second-order valence-electron chi connectivity index (χ2n) is 3.35. The maximum absolute atomic E-state index is 13.1. The second kappa shape index (κ2) is 4.99. The van der Waals surface area contributed by atoms with Gasteiger partial charge in [0.05, 0.1) is 12.5 Å². The molecule has 1 atom stereocenters. The molecule has 0 radical (unpaired) electrons. The van der Waals surface area contributed by atoms with Gasteiger partial charge in [0.1, 0.15) is 5.69 Å². The van der Waals surface area contributed by atoms with Crippen molar-refractivity contribution in [1.29, 1.82) is 5.26 Å². The van der Waals surface area contributed by atoms with Crippen LogP contribution in [0.1, 0.15) is 13.3 Å². The van der Waals surface area contributed by atoms with E-state index in [2.05, 4.69) is 5.32 Å². The summed E-state index contributed by atoms with van der Waals surface area (Å²) in [6.07, 6.45) is -0.139. The van der Waals surface area contributed by atoms with E-state index < -0.39 is 40.8 Å². The van der Waals surface area contributed by atoms with E-state index in [0.29, 0.717) is 0 Å². The van der Waals surface area contributed by atoms with Crippen molar-refractivity contribution in [3.05, 3.63) is 29.1 Å². The first-order valence-corrected chi connectivity index (χ1v) is 4.55. The lowest BCUT2D eigenvalue weighted by molar-refractivity contribution is 0.381. The van der Waals surface area contributed by atoms with Crippen LogP contribution in [0, 0.1) is 40.4 Å². The van der Waals surface area contributed by atoms with Crippen LogP contribution in [0.4, 0.5) is 27.6 Å². The first-order chi connectivity index (χ1) is 7.90. The number of anilines is 1. The fourth-order valence-corrected chi connectivity index (χ4v) is 1.17. The molecule has 0 spiro atoms. The van der Waals surface area contributed by atoms with E-state index in [1.165, 1.54) is 6.92 Å². The fraction of sp³-hybridized carbons (Fsp3) is 0.300. The first kappa shape index (κ1) is 13.2. The predicted octanol–water partition coefficient (Wildman–Crippen LogP) is 3.10. The summed E-state index contributed by atoms with van der Waals surface area (Å²) in [6.45, 7) is 1.38. The molecule has 1 N–H and O–H groups in total. The standard InChI is InChI=1S/C10H7F5N2/c1-4(2-3-16)17-10-8(14)6(12)5(11)7(13)9(10)15/h4,17H,2H2,1H3. The molecule has 7 heteroatoms. The summed E-state index contributed by atoms with van der Waals surface area (Å²) in [6, 6.07) is 0.956. The summed E-state index contributed by atoms with van der Waals surface area (Å²) in [5, 5.41) is 10.4. The maximum Gasteiger partial charge on any atom is 0.200 e. The molecule has 1 aromatic carbocycles. The lowest BCUT2D eigenvalue weighted by Gasteiger charge is -2.14. The van der Waals surface area contributed by atoms with Gasteiger partial charge in [-0.05, 0) is 6.92 Å². The van der Waals surface area contributed by atoms with Gasteiger partial charge in [0.15, 0.2) is 23.3 Å². The Kier molecular flexibility index (Phi) is 3.89. The molecule has 0 heterocycles. The van der Waals surface area contributed by atoms with E-state index in [0.717, 1.165) is 0 Å². The summed E-state index contributed by atoms with van der Waals surface area (Å²) in [5.74, 6) is -10.1. The minimum absolute atomic E-state index is 0.139. The van der Waals surface area contributed by atoms with Crippen molar-refractivity contribution in [2.45, 2.75) is 19.4 Å². The third-order valence-corrected chi connectivity index (χ3v) is 2.00. The minimum atomic E-state index is -2.21. The van der Waals surface area contributed by atoms with E-state index in [4.69, 9.17) is 5.26 Å². The Morgan fingerprint density at radius 1 is 1.00 bits per heavy atom. The normalized spacial score (nSPS) is 12.1. The zero-order valence-electron chi connectivity index (χ0n) is 8.62. The van der Waals surface area contributed by atoms with Gasteiger partial charge in [0.25, 0.3) is 0 Å². The molecule has 0 aliphatic heterocycles. The topological polar surface area (TPSA) is 35.8 Å². The van der Waals surface area contributed by atoms with Crippen molar-refractivity contribution in [3.63, 3.8) is 0 Å². The van der Waals surface area contributed by atoms with Gasteiger partial charge in [0, 0.05) is 6.04 Å². The lowest BCUT2D eigenvalue weighted by atomic mass is 10.2. The minimum Gasteiger partial charge on any atom is -0.377 e. The Morgan fingerprint density at radius 2 is 1.41 bits per heavy atom. The third-order valence-electron chi connectivity index (χ3n) is 2.00. The Labute approximate surface area is 93.7 Å². The average Bonchev–Trinajstić information content (AvgIpc) is 2.30.